The monoisotopic (exact) mass is 456 g/mol. The number of ether oxygens (including phenoxy) is 1. The second-order valence-corrected chi connectivity index (χ2v) is 9.33. The van der Waals surface area contributed by atoms with Gasteiger partial charge >= 0.3 is 5.97 Å². The van der Waals surface area contributed by atoms with E-state index in [2.05, 4.69) is 51.3 Å². The van der Waals surface area contributed by atoms with Crippen LogP contribution in [0.15, 0.2) is 43.0 Å². The van der Waals surface area contributed by atoms with Gasteiger partial charge in [-0.05, 0) is 25.8 Å². The highest BCUT2D eigenvalue weighted by Gasteiger charge is 2.01. The summed E-state index contributed by atoms with van der Waals surface area (Å²) in [5.41, 5.74) is 2.97. The van der Waals surface area contributed by atoms with E-state index in [9.17, 15) is 4.79 Å². The van der Waals surface area contributed by atoms with Gasteiger partial charge in [-0.3, -0.25) is 0 Å². The molecule has 0 aliphatic carbocycles. The molecule has 0 fully saturated rings. The highest BCUT2D eigenvalue weighted by molar-refractivity contribution is 5.86. The van der Waals surface area contributed by atoms with Gasteiger partial charge in [0.25, 0.3) is 0 Å². The van der Waals surface area contributed by atoms with E-state index in [4.69, 9.17) is 4.74 Å². The van der Waals surface area contributed by atoms with E-state index in [1.807, 2.05) is 6.08 Å². The molecule has 0 radical (unpaired) electrons. The molecular weight excluding hydrogens is 404 g/mol. The summed E-state index contributed by atoms with van der Waals surface area (Å²) >= 11 is 0. The van der Waals surface area contributed by atoms with Crippen molar-refractivity contribution in [2.45, 2.75) is 124 Å². The Morgan fingerprint density at radius 2 is 1.15 bits per heavy atom. The van der Waals surface area contributed by atoms with E-state index in [-0.39, 0.29) is 5.97 Å². The van der Waals surface area contributed by atoms with Gasteiger partial charge in [0.05, 0.1) is 6.61 Å². The molecule has 1 aromatic carbocycles. The minimum atomic E-state index is -0.254. The third-order valence-electron chi connectivity index (χ3n) is 5.89. The van der Waals surface area contributed by atoms with Gasteiger partial charge in [0.1, 0.15) is 0 Å². The average molecular weight is 457 g/mol. The number of hydrogen-bond donors (Lipinski definition) is 0. The molecule has 0 saturated heterocycles. The molecule has 2 nitrogen and oxygen atoms in total. The Bertz CT molecular complexity index is 600. The van der Waals surface area contributed by atoms with Crippen LogP contribution in [0, 0.1) is 6.92 Å². The molecule has 0 aliphatic rings. The van der Waals surface area contributed by atoms with Crippen molar-refractivity contribution in [1.82, 2.24) is 0 Å². The van der Waals surface area contributed by atoms with Crippen LogP contribution < -0.4 is 0 Å². The molecule has 1 aromatic rings. The Morgan fingerprint density at radius 1 is 0.758 bits per heavy atom. The van der Waals surface area contributed by atoms with Gasteiger partial charge in [-0.2, -0.15) is 0 Å². The standard InChI is InChI=1S/C22H42O2.C9H10/c1-4-5-6-7-8-9-10-11-12-13-14-15-16-17-18-19-20-24-22(23)21(2)3;1-3-9-6-4-8(2)5-7-9/h2,4-20H2,1,3H3;3-7H,1H2,2H3. The number of esters is 1. The van der Waals surface area contributed by atoms with E-state index >= 15 is 0 Å². The molecule has 0 atom stereocenters. The van der Waals surface area contributed by atoms with Crippen LogP contribution in [0.4, 0.5) is 0 Å². The summed E-state index contributed by atoms with van der Waals surface area (Å²) in [5.74, 6) is -0.254. The summed E-state index contributed by atoms with van der Waals surface area (Å²) in [7, 11) is 0. The van der Waals surface area contributed by atoms with Crippen LogP contribution in [0.2, 0.25) is 0 Å². The number of hydrogen-bond acceptors (Lipinski definition) is 2. The number of carbonyl (C=O) groups excluding carboxylic acids is 1. The van der Waals surface area contributed by atoms with Gasteiger partial charge in [0.2, 0.25) is 0 Å². The molecule has 0 heterocycles. The van der Waals surface area contributed by atoms with Crippen molar-refractivity contribution in [1.29, 1.82) is 0 Å². The topological polar surface area (TPSA) is 26.3 Å². The molecule has 1 rings (SSSR count). The molecule has 0 amide bonds. The van der Waals surface area contributed by atoms with Crippen molar-refractivity contribution in [3.8, 4) is 0 Å². The number of unbranched alkanes of at least 4 members (excludes halogenated alkanes) is 15. The summed E-state index contributed by atoms with van der Waals surface area (Å²) in [5, 5.41) is 0. The van der Waals surface area contributed by atoms with Crippen molar-refractivity contribution < 1.29 is 9.53 Å². The summed E-state index contributed by atoms with van der Waals surface area (Å²) in [6.07, 6.45) is 23.6. The molecule has 0 N–H and O–H groups in total. The summed E-state index contributed by atoms with van der Waals surface area (Å²) in [4.78, 5) is 11.2. The molecule has 0 aliphatic heterocycles. The molecule has 0 saturated carbocycles. The van der Waals surface area contributed by atoms with Crippen molar-refractivity contribution >= 4 is 12.0 Å². The van der Waals surface area contributed by atoms with E-state index in [0.717, 1.165) is 6.42 Å². The minimum absolute atomic E-state index is 0.254. The molecule has 0 unspecified atom stereocenters. The van der Waals surface area contributed by atoms with Crippen LogP contribution in [0.25, 0.3) is 6.08 Å². The normalized spacial score (nSPS) is 10.3. The average Bonchev–Trinajstić information content (AvgIpc) is 2.81. The molecule has 188 valence electrons. The summed E-state index contributed by atoms with van der Waals surface area (Å²) in [6, 6.07) is 8.28. The predicted molar refractivity (Wildman–Crippen MR) is 147 cm³/mol. The third-order valence-corrected chi connectivity index (χ3v) is 5.89. The van der Waals surface area contributed by atoms with Crippen LogP contribution in [0.1, 0.15) is 128 Å². The fourth-order valence-corrected chi connectivity index (χ4v) is 3.64. The lowest BCUT2D eigenvalue weighted by molar-refractivity contribution is -0.139. The fourth-order valence-electron chi connectivity index (χ4n) is 3.64. The zero-order chi connectivity index (χ0) is 24.6. The quantitative estimate of drug-likeness (QED) is 0.118. The maximum Gasteiger partial charge on any atom is 0.333 e. The van der Waals surface area contributed by atoms with Gasteiger partial charge in [-0.15, -0.1) is 0 Å². The van der Waals surface area contributed by atoms with Gasteiger partial charge < -0.3 is 4.74 Å². The highest BCUT2D eigenvalue weighted by Crippen LogP contribution is 2.13. The van der Waals surface area contributed by atoms with E-state index in [0.29, 0.717) is 12.2 Å². The predicted octanol–water partition coefficient (Wildman–Crippen LogP) is 10.0. The van der Waals surface area contributed by atoms with Gasteiger partial charge in [-0.25, -0.2) is 4.79 Å². The number of benzene rings is 1. The summed E-state index contributed by atoms with van der Waals surface area (Å²) in [6.45, 7) is 13.8. The Labute approximate surface area is 205 Å². The van der Waals surface area contributed by atoms with E-state index in [1.165, 1.54) is 107 Å². The van der Waals surface area contributed by atoms with E-state index in [1.54, 1.807) is 6.92 Å². The zero-order valence-corrected chi connectivity index (χ0v) is 22.1. The number of rotatable bonds is 19. The van der Waals surface area contributed by atoms with Crippen LogP contribution in [-0.4, -0.2) is 12.6 Å². The Balaban J connectivity index is 0.000000938. The van der Waals surface area contributed by atoms with Gasteiger partial charge in [-0.1, -0.05) is 152 Å². The summed E-state index contributed by atoms with van der Waals surface area (Å²) < 4.78 is 5.08. The third kappa shape index (κ3) is 21.8. The molecule has 2 heteroatoms. The van der Waals surface area contributed by atoms with Gasteiger partial charge in [0, 0.05) is 5.57 Å². The Kier molecular flexibility index (Phi) is 22.0. The number of aryl methyl sites for hydroxylation is 1. The van der Waals surface area contributed by atoms with Crippen LogP contribution in [-0.2, 0) is 9.53 Å². The van der Waals surface area contributed by atoms with Crippen molar-refractivity contribution in [2.75, 3.05) is 6.61 Å². The molecule has 0 bridgehead atoms. The van der Waals surface area contributed by atoms with Crippen molar-refractivity contribution in [2.24, 2.45) is 0 Å². The minimum Gasteiger partial charge on any atom is -0.462 e. The van der Waals surface area contributed by atoms with E-state index < -0.39 is 0 Å². The Hall–Kier alpha value is -1.83. The van der Waals surface area contributed by atoms with Crippen LogP contribution in [0.5, 0.6) is 0 Å². The second-order valence-electron chi connectivity index (χ2n) is 9.33. The SMILES string of the molecule is C=C(C)C(=O)OCCCCCCCCCCCCCCCCCC.C=Cc1ccc(C)cc1. The lowest BCUT2D eigenvalue weighted by Crippen LogP contribution is -2.05. The smallest absolute Gasteiger partial charge is 0.333 e. The first-order valence-electron chi connectivity index (χ1n) is 13.5. The molecule has 33 heavy (non-hydrogen) atoms. The van der Waals surface area contributed by atoms with Crippen LogP contribution >= 0.6 is 0 Å². The first-order valence-corrected chi connectivity index (χ1v) is 13.5. The molecule has 0 spiro atoms. The zero-order valence-electron chi connectivity index (χ0n) is 22.1. The van der Waals surface area contributed by atoms with Crippen molar-refractivity contribution in [3.63, 3.8) is 0 Å². The largest absolute Gasteiger partial charge is 0.462 e. The second kappa shape index (κ2) is 23.3. The van der Waals surface area contributed by atoms with Gasteiger partial charge in [0.15, 0.2) is 0 Å². The fraction of sp³-hybridized carbons (Fsp3) is 0.645. The molecular formula is C31H52O2. The lowest BCUT2D eigenvalue weighted by atomic mass is 10.0. The maximum atomic E-state index is 11.2. The first kappa shape index (κ1) is 31.2. The van der Waals surface area contributed by atoms with Crippen LogP contribution in [0.3, 0.4) is 0 Å². The van der Waals surface area contributed by atoms with Crippen molar-refractivity contribution in [3.05, 3.63) is 54.1 Å². The molecule has 0 aromatic heterocycles. The maximum absolute atomic E-state index is 11.2. The Morgan fingerprint density at radius 3 is 1.52 bits per heavy atom. The lowest BCUT2D eigenvalue weighted by Gasteiger charge is -2.05. The number of carbonyl (C=O) groups is 1. The highest BCUT2D eigenvalue weighted by atomic mass is 16.5. The first-order chi connectivity index (χ1) is 16.0.